The fraction of sp³-hybridized carbons (Fsp3) is 0.467. The second kappa shape index (κ2) is 6.05. The molecule has 2 rings (SSSR count). The molecule has 0 aliphatic carbocycles. The van der Waals surface area contributed by atoms with Gasteiger partial charge in [-0.15, -0.1) is 0 Å². The van der Waals surface area contributed by atoms with Crippen LogP contribution in [-0.4, -0.2) is 33.4 Å². The van der Waals surface area contributed by atoms with Gasteiger partial charge >= 0.3 is 0 Å². The number of nitrogens with zero attached hydrogens (tertiary/aromatic N) is 2. The second-order valence-corrected chi connectivity index (χ2v) is 5.33. The molecule has 1 heterocycles. The van der Waals surface area contributed by atoms with Crippen LogP contribution < -0.4 is 5.32 Å². The van der Waals surface area contributed by atoms with Crippen molar-refractivity contribution in [3.8, 4) is 0 Å². The Morgan fingerprint density at radius 1 is 1.40 bits per heavy atom. The lowest BCUT2D eigenvalue weighted by atomic mass is 10.0. The Hall–Kier alpha value is -1.88. The van der Waals surface area contributed by atoms with Crippen molar-refractivity contribution < 1.29 is 9.90 Å². The average molecular weight is 275 g/mol. The zero-order chi connectivity index (χ0) is 14.7. The molecule has 0 saturated heterocycles. The molecule has 2 N–H and O–H groups in total. The molecule has 2 aromatic rings. The van der Waals surface area contributed by atoms with E-state index in [1.165, 1.54) is 0 Å². The maximum absolute atomic E-state index is 12.4. The molecular formula is C15H21N3O2. The van der Waals surface area contributed by atoms with Crippen molar-refractivity contribution in [2.75, 3.05) is 6.61 Å². The van der Waals surface area contributed by atoms with Gasteiger partial charge in [0.2, 0.25) is 0 Å². The zero-order valence-corrected chi connectivity index (χ0v) is 12.1. The van der Waals surface area contributed by atoms with Crippen LogP contribution in [0.3, 0.4) is 0 Å². The number of para-hydroxylation sites is 1. The average Bonchev–Trinajstić information content (AvgIpc) is 2.76. The van der Waals surface area contributed by atoms with Crippen LogP contribution in [0, 0.1) is 5.92 Å². The van der Waals surface area contributed by atoms with Crippen LogP contribution in [0.1, 0.15) is 30.8 Å². The molecule has 108 valence electrons. The number of amides is 1. The first kappa shape index (κ1) is 14.5. The minimum Gasteiger partial charge on any atom is -0.396 e. The summed E-state index contributed by atoms with van der Waals surface area (Å²) in [7, 11) is 1.83. The number of fused-ring (bicyclic) bond motifs is 1. The highest BCUT2D eigenvalue weighted by molar-refractivity contribution is 6.04. The van der Waals surface area contributed by atoms with Crippen molar-refractivity contribution >= 4 is 16.8 Å². The van der Waals surface area contributed by atoms with Crippen molar-refractivity contribution in [2.24, 2.45) is 13.0 Å². The van der Waals surface area contributed by atoms with E-state index in [0.29, 0.717) is 12.1 Å². The quantitative estimate of drug-likeness (QED) is 0.873. The Labute approximate surface area is 118 Å². The molecule has 0 fully saturated rings. The van der Waals surface area contributed by atoms with Gasteiger partial charge in [-0.2, -0.15) is 5.10 Å². The summed E-state index contributed by atoms with van der Waals surface area (Å²) < 4.78 is 1.71. The first-order valence-corrected chi connectivity index (χ1v) is 6.88. The summed E-state index contributed by atoms with van der Waals surface area (Å²) in [5, 5.41) is 17.2. The van der Waals surface area contributed by atoms with Gasteiger partial charge in [-0.05, 0) is 18.4 Å². The lowest BCUT2D eigenvalue weighted by Crippen LogP contribution is -2.39. The fourth-order valence-corrected chi connectivity index (χ4v) is 2.33. The van der Waals surface area contributed by atoms with Crippen LogP contribution in [0.4, 0.5) is 0 Å². The van der Waals surface area contributed by atoms with Crippen LogP contribution in [0.15, 0.2) is 24.3 Å². The van der Waals surface area contributed by atoms with Crippen LogP contribution in [0.5, 0.6) is 0 Å². The van der Waals surface area contributed by atoms with Gasteiger partial charge in [0.25, 0.3) is 5.91 Å². The van der Waals surface area contributed by atoms with Gasteiger partial charge in [0.05, 0.1) is 5.52 Å². The van der Waals surface area contributed by atoms with Gasteiger partial charge in [-0.25, -0.2) is 0 Å². The third-order valence-corrected chi connectivity index (χ3v) is 3.53. The lowest BCUT2D eigenvalue weighted by Gasteiger charge is -2.20. The topological polar surface area (TPSA) is 67.2 Å². The largest absolute Gasteiger partial charge is 0.396 e. The number of rotatable bonds is 5. The van der Waals surface area contributed by atoms with E-state index in [-0.39, 0.29) is 24.5 Å². The summed E-state index contributed by atoms with van der Waals surface area (Å²) in [6.07, 6.45) is 0.550. The molecule has 5 nitrogen and oxygen atoms in total. The van der Waals surface area contributed by atoms with Crippen LogP contribution in [-0.2, 0) is 7.05 Å². The molecule has 1 amide bonds. The molecule has 5 heteroatoms. The van der Waals surface area contributed by atoms with Crippen molar-refractivity contribution in [3.05, 3.63) is 30.0 Å². The van der Waals surface area contributed by atoms with Crippen LogP contribution >= 0.6 is 0 Å². The smallest absolute Gasteiger partial charge is 0.272 e. The third kappa shape index (κ3) is 2.82. The van der Waals surface area contributed by atoms with Gasteiger partial charge in [-0.1, -0.05) is 32.0 Å². The molecular weight excluding hydrogens is 254 g/mol. The van der Waals surface area contributed by atoms with Gasteiger partial charge in [0.15, 0.2) is 5.69 Å². The third-order valence-electron chi connectivity index (χ3n) is 3.53. The van der Waals surface area contributed by atoms with E-state index in [9.17, 15) is 4.79 Å². The normalized spacial score (nSPS) is 12.8. The molecule has 20 heavy (non-hydrogen) atoms. The summed E-state index contributed by atoms with van der Waals surface area (Å²) in [5.74, 6) is 0.0787. The van der Waals surface area contributed by atoms with E-state index in [1.807, 2.05) is 45.2 Å². The number of hydrogen-bond donors (Lipinski definition) is 2. The molecule has 0 bridgehead atoms. The van der Waals surface area contributed by atoms with Gasteiger partial charge in [0, 0.05) is 25.1 Å². The summed E-state index contributed by atoms with van der Waals surface area (Å²) in [5.41, 5.74) is 1.37. The van der Waals surface area contributed by atoms with Gasteiger partial charge in [0.1, 0.15) is 0 Å². The van der Waals surface area contributed by atoms with E-state index in [1.54, 1.807) is 4.68 Å². The highest BCUT2D eigenvalue weighted by atomic mass is 16.3. The van der Waals surface area contributed by atoms with Crippen molar-refractivity contribution in [3.63, 3.8) is 0 Å². The monoisotopic (exact) mass is 275 g/mol. The molecule has 0 saturated carbocycles. The number of aromatic nitrogens is 2. The Morgan fingerprint density at radius 2 is 2.10 bits per heavy atom. The molecule has 0 aliphatic rings. The molecule has 1 atom stereocenters. The van der Waals surface area contributed by atoms with Gasteiger partial charge in [-0.3, -0.25) is 9.48 Å². The minimum atomic E-state index is -0.186. The zero-order valence-electron chi connectivity index (χ0n) is 12.1. The van der Waals surface area contributed by atoms with Crippen LogP contribution in [0.2, 0.25) is 0 Å². The number of benzene rings is 1. The molecule has 0 aliphatic heterocycles. The minimum absolute atomic E-state index is 0.0479. The highest BCUT2D eigenvalue weighted by Crippen LogP contribution is 2.18. The summed E-state index contributed by atoms with van der Waals surface area (Å²) in [6.45, 7) is 4.11. The van der Waals surface area contributed by atoms with E-state index >= 15 is 0 Å². The Kier molecular flexibility index (Phi) is 4.39. The number of nitrogens with one attached hydrogen (secondary N) is 1. The van der Waals surface area contributed by atoms with E-state index in [0.717, 1.165) is 10.9 Å². The maximum Gasteiger partial charge on any atom is 0.272 e. The molecule has 0 radical (unpaired) electrons. The molecule has 1 unspecified atom stereocenters. The number of hydrogen-bond acceptors (Lipinski definition) is 3. The summed E-state index contributed by atoms with van der Waals surface area (Å²) in [6, 6.07) is 7.61. The SMILES string of the molecule is CC(C)C(CCO)NC(=O)c1nn(C)c2ccccc12. The number of carbonyl (C=O) groups excluding carboxylic acids is 1. The standard InChI is InChI=1S/C15H21N3O2/c1-10(2)12(8-9-19)16-15(20)14-11-6-4-5-7-13(11)18(3)17-14/h4-7,10,12,19H,8-9H2,1-3H3,(H,16,20). The predicted octanol–water partition coefficient (Wildman–Crippen LogP) is 1.71. The fourth-order valence-electron chi connectivity index (χ4n) is 2.33. The van der Waals surface area contributed by atoms with E-state index in [2.05, 4.69) is 10.4 Å². The molecule has 1 aromatic heterocycles. The summed E-state index contributed by atoms with van der Waals surface area (Å²) >= 11 is 0. The Balaban J connectivity index is 2.27. The highest BCUT2D eigenvalue weighted by Gasteiger charge is 2.20. The maximum atomic E-state index is 12.4. The lowest BCUT2D eigenvalue weighted by molar-refractivity contribution is 0.0912. The molecule has 1 aromatic carbocycles. The first-order chi connectivity index (χ1) is 9.54. The Morgan fingerprint density at radius 3 is 2.75 bits per heavy atom. The van der Waals surface area contributed by atoms with E-state index < -0.39 is 0 Å². The molecule has 0 spiro atoms. The van der Waals surface area contributed by atoms with E-state index in [4.69, 9.17) is 5.11 Å². The van der Waals surface area contributed by atoms with Crippen molar-refractivity contribution in [1.82, 2.24) is 15.1 Å². The predicted molar refractivity (Wildman–Crippen MR) is 78.5 cm³/mol. The second-order valence-electron chi connectivity index (χ2n) is 5.33. The number of aliphatic hydroxyl groups is 1. The number of carbonyl (C=O) groups is 1. The number of aliphatic hydroxyl groups excluding tert-OH is 1. The van der Waals surface area contributed by atoms with Crippen LogP contribution in [0.25, 0.3) is 10.9 Å². The van der Waals surface area contributed by atoms with Crippen molar-refractivity contribution in [1.29, 1.82) is 0 Å². The number of aryl methyl sites for hydroxylation is 1. The van der Waals surface area contributed by atoms with Gasteiger partial charge < -0.3 is 10.4 Å². The van der Waals surface area contributed by atoms with Crippen molar-refractivity contribution in [2.45, 2.75) is 26.3 Å². The first-order valence-electron chi connectivity index (χ1n) is 6.88. The Bertz CT molecular complexity index is 604. The summed E-state index contributed by atoms with van der Waals surface area (Å²) in [4.78, 5) is 12.4.